The molecule has 0 bridgehead atoms. The van der Waals surface area contributed by atoms with Gasteiger partial charge in [-0.3, -0.25) is 4.99 Å². The number of hydrogen-bond acceptors (Lipinski definition) is 2. The lowest BCUT2D eigenvalue weighted by Gasteiger charge is -2.10. The number of rotatable bonds is 1. The van der Waals surface area contributed by atoms with Gasteiger partial charge in [0.15, 0.2) is 11.3 Å². The van der Waals surface area contributed by atoms with Gasteiger partial charge in [-0.1, -0.05) is 41.4 Å². The molecule has 0 saturated carbocycles. The molecule has 2 aromatic carbocycles. The van der Waals surface area contributed by atoms with E-state index in [1.54, 1.807) is 0 Å². The molecule has 1 aliphatic heterocycles. The summed E-state index contributed by atoms with van der Waals surface area (Å²) in [5.41, 5.74) is 4.49. The lowest BCUT2D eigenvalue weighted by atomic mass is 10.1. The number of nitrogens with zero attached hydrogens (tertiary/aromatic N) is 2. The zero-order valence-electron chi connectivity index (χ0n) is 13.0. The highest BCUT2D eigenvalue weighted by Gasteiger charge is 2.22. The van der Waals surface area contributed by atoms with Crippen LogP contribution in [0.15, 0.2) is 70.2 Å². The first-order chi connectivity index (χ1) is 12.2. The first-order valence-electron chi connectivity index (χ1n) is 7.91. The molecule has 3 heterocycles. The Bertz CT molecular complexity index is 1150. The van der Waals surface area contributed by atoms with Crippen LogP contribution in [0, 0.1) is 0 Å². The maximum Gasteiger partial charge on any atom is 0.155 e. The van der Waals surface area contributed by atoms with Crippen LogP contribution in [0.3, 0.4) is 0 Å². The van der Waals surface area contributed by atoms with E-state index in [0.29, 0.717) is 22.9 Å². The summed E-state index contributed by atoms with van der Waals surface area (Å²) in [7, 11) is 0. The monoisotopic (exact) mass is 366 g/mol. The highest BCUT2D eigenvalue weighted by atomic mass is 35.5. The normalized spacial score (nSPS) is 13.3. The largest absolute Gasteiger partial charge is 0.453 e. The van der Waals surface area contributed by atoms with E-state index in [1.165, 1.54) is 0 Å². The number of hydrogen-bond donors (Lipinski definition) is 0. The average molecular weight is 367 g/mol. The smallest absolute Gasteiger partial charge is 0.155 e. The molecule has 1 aliphatic rings. The van der Waals surface area contributed by atoms with Crippen LogP contribution in [0.1, 0.15) is 17.0 Å². The Morgan fingerprint density at radius 3 is 2.68 bits per heavy atom. The maximum atomic E-state index is 6.40. The van der Waals surface area contributed by atoms with Crippen molar-refractivity contribution in [3.63, 3.8) is 0 Å². The van der Waals surface area contributed by atoms with Gasteiger partial charge >= 0.3 is 0 Å². The number of aliphatic imine (C=N–C) groups is 1. The van der Waals surface area contributed by atoms with Crippen molar-refractivity contribution in [3.8, 4) is 5.69 Å². The molecule has 0 unspecified atom stereocenters. The number of para-hydroxylation sites is 1. The highest BCUT2D eigenvalue weighted by Crippen LogP contribution is 2.32. The molecule has 25 heavy (non-hydrogen) atoms. The Labute approximate surface area is 154 Å². The van der Waals surface area contributed by atoms with Crippen molar-refractivity contribution in [1.29, 1.82) is 0 Å². The highest BCUT2D eigenvalue weighted by molar-refractivity contribution is 6.35. The van der Waals surface area contributed by atoms with Crippen molar-refractivity contribution in [2.75, 3.05) is 0 Å². The SMILES string of the molecule is Clc1cccc2c1CN=C(c1cc3cccc(Cl)c3o1)c1cccn1-2. The number of halogens is 2. The summed E-state index contributed by atoms with van der Waals surface area (Å²) >= 11 is 12.7. The Kier molecular flexibility index (Phi) is 3.27. The van der Waals surface area contributed by atoms with E-state index in [1.807, 2.05) is 54.7 Å². The molecule has 4 aromatic rings. The molecule has 3 nitrogen and oxygen atoms in total. The van der Waals surface area contributed by atoms with Gasteiger partial charge in [0.1, 0.15) is 5.71 Å². The fraction of sp³-hybridized carbons (Fsp3) is 0.0500. The zero-order chi connectivity index (χ0) is 17.0. The molecular weight excluding hydrogens is 355 g/mol. The number of fused-ring (bicyclic) bond motifs is 4. The van der Waals surface area contributed by atoms with E-state index in [-0.39, 0.29) is 0 Å². The molecule has 5 heteroatoms. The van der Waals surface area contributed by atoms with Crippen LogP contribution >= 0.6 is 23.2 Å². The third-order valence-corrected chi connectivity index (χ3v) is 5.12. The quantitative estimate of drug-likeness (QED) is 0.413. The van der Waals surface area contributed by atoms with Gasteiger partial charge in [0, 0.05) is 22.2 Å². The maximum absolute atomic E-state index is 6.40. The molecule has 122 valence electrons. The van der Waals surface area contributed by atoms with E-state index in [2.05, 4.69) is 10.6 Å². The van der Waals surface area contributed by atoms with Crippen LogP contribution in [0.2, 0.25) is 10.0 Å². The minimum absolute atomic E-state index is 0.497. The summed E-state index contributed by atoms with van der Waals surface area (Å²) < 4.78 is 8.14. The molecule has 0 amide bonds. The van der Waals surface area contributed by atoms with Crippen LogP contribution in [-0.2, 0) is 6.54 Å². The lowest BCUT2D eigenvalue weighted by Crippen LogP contribution is -2.07. The first-order valence-corrected chi connectivity index (χ1v) is 8.66. The van der Waals surface area contributed by atoms with E-state index < -0.39 is 0 Å². The lowest BCUT2D eigenvalue weighted by molar-refractivity contribution is 0.604. The van der Waals surface area contributed by atoms with Gasteiger partial charge in [0.05, 0.1) is 22.9 Å². The van der Waals surface area contributed by atoms with Gasteiger partial charge in [0.25, 0.3) is 0 Å². The first kappa shape index (κ1) is 14.8. The Hall–Kier alpha value is -2.49. The average Bonchev–Trinajstić information content (AvgIpc) is 3.22. The molecule has 0 N–H and O–H groups in total. The fourth-order valence-corrected chi connectivity index (χ4v) is 3.75. The standard InChI is InChI=1S/C20H12Cl2N2O/c21-14-5-2-7-16-13(14)11-23-19(17-8-3-9-24(16)17)18-10-12-4-1-6-15(22)20(12)25-18/h1-10H,11H2. The second-order valence-corrected chi connectivity index (χ2v) is 6.75. The number of furan rings is 1. The number of aromatic nitrogens is 1. The zero-order valence-corrected chi connectivity index (χ0v) is 14.6. The van der Waals surface area contributed by atoms with Crippen LogP contribution in [0.4, 0.5) is 0 Å². The van der Waals surface area contributed by atoms with Crippen LogP contribution in [0.25, 0.3) is 16.7 Å². The minimum Gasteiger partial charge on any atom is -0.453 e. The second-order valence-electron chi connectivity index (χ2n) is 5.93. The summed E-state index contributed by atoms with van der Waals surface area (Å²) in [5.74, 6) is 0.701. The van der Waals surface area contributed by atoms with Crippen molar-refractivity contribution in [1.82, 2.24) is 4.57 Å². The predicted octanol–water partition coefficient (Wildman–Crippen LogP) is 5.88. The number of benzene rings is 2. The van der Waals surface area contributed by atoms with E-state index >= 15 is 0 Å². The van der Waals surface area contributed by atoms with Crippen molar-refractivity contribution < 1.29 is 4.42 Å². The predicted molar refractivity (Wildman–Crippen MR) is 101 cm³/mol. The van der Waals surface area contributed by atoms with E-state index in [9.17, 15) is 0 Å². The van der Waals surface area contributed by atoms with Gasteiger partial charge in [-0.15, -0.1) is 0 Å². The molecule has 0 atom stereocenters. The summed E-state index contributed by atoms with van der Waals surface area (Å²) in [6, 6.07) is 17.6. The molecular formula is C20H12Cl2N2O. The summed E-state index contributed by atoms with van der Waals surface area (Å²) in [5, 5.41) is 2.28. The molecule has 0 aliphatic carbocycles. The molecule has 2 aromatic heterocycles. The topological polar surface area (TPSA) is 30.4 Å². The van der Waals surface area contributed by atoms with Gasteiger partial charge in [-0.2, -0.15) is 0 Å². The third kappa shape index (κ3) is 2.24. The van der Waals surface area contributed by atoms with Crippen LogP contribution in [0.5, 0.6) is 0 Å². The van der Waals surface area contributed by atoms with Crippen LogP contribution < -0.4 is 0 Å². The molecule has 0 radical (unpaired) electrons. The fourth-order valence-electron chi connectivity index (χ4n) is 3.30. The van der Waals surface area contributed by atoms with Crippen molar-refractivity contribution in [2.45, 2.75) is 6.54 Å². The van der Waals surface area contributed by atoms with E-state index in [0.717, 1.165) is 33.1 Å². The second kappa shape index (κ2) is 5.51. The van der Waals surface area contributed by atoms with Crippen molar-refractivity contribution in [2.24, 2.45) is 4.99 Å². The van der Waals surface area contributed by atoms with E-state index in [4.69, 9.17) is 32.6 Å². The third-order valence-electron chi connectivity index (χ3n) is 4.47. The summed E-state index contributed by atoms with van der Waals surface area (Å²) in [4.78, 5) is 4.81. The van der Waals surface area contributed by atoms with Gasteiger partial charge in [-0.05, 0) is 36.4 Å². The molecule has 0 spiro atoms. The van der Waals surface area contributed by atoms with Crippen molar-refractivity contribution in [3.05, 3.63) is 87.9 Å². The Morgan fingerprint density at radius 2 is 1.80 bits per heavy atom. The van der Waals surface area contributed by atoms with Gasteiger partial charge in [0.2, 0.25) is 0 Å². The van der Waals surface area contributed by atoms with Gasteiger partial charge < -0.3 is 8.98 Å². The van der Waals surface area contributed by atoms with Gasteiger partial charge in [-0.25, -0.2) is 0 Å². The minimum atomic E-state index is 0.497. The molecule has 0 fully saturated rings. The summed E-state index contributed by atoms with van der Waals surface area (Å²) in [6.07, 6.45) is 2.01. The summed E-state index contributed by atoms with van der Waals surface area (Å²) in [6.45, 7) is 0.497. The molecule has 0 saturated heterocycles. The Balaban J connectivity index is 1.75. The van der Waals surface area contributed by atoms with Crippen LogP contribution in [-0.4, -0.2) is 10.3 Å². The Morgan fingerprint density at radius 1 is 0.960 bits per heavy atom. The van der Waals surface area contributed by atoms with Crippen molar-refractivity contribution >= 4 is 39.9 Å². The molecule has 5 rings (SSSR count).